The number of carbonyl (C=O) groups is 1. The quantitative estimate of drug-likeness (QED) is 0.506. The number of esters is 1. The van der Waals surface area contributed by atoms with Gasteiger partial charge in [0.1, 0.15) is 6.10 Å². The number of fused-ring (bicyclic) bond motifs is 2. The van der Waals surface area contributed by atoms with Gasteiger partial charge in [-0.3, -0.25) is 0 Å². The number of alkyl halides is 1. The Bertz CT molecular complexity index is 730. The molecule has 2 fully saturated rings. The maximum absolute atomic E-state index is 13.4. The second-order valence-electron chi connectivity index (χ2n) is 7.79. The van der Waals surface area contributed by atoms with Crippen molar-refractivity contribution in [3.63, 3.8) is 0 Å². The number of ether oxygens (including phenoxy) is 1. The highest BCUT2D eigenvalue weighted by Crippen LogP contribution is 2.40. The zero-order valence-corrected chi connectivity index (χ0v) is 17.7. The fraction of sp³-hybridized carbons (Fsp3) is 0.435. The lowest BCUT2D eigenvalue weighted by molar-refractivity contribution is -0.157. The number of carbonyl (C=O) groups excluding carboxylic acids is 1. The van der Waals surface area contributed by atoms with Crippen molar-refractivity contribution in [3.8, 4) is 0 Å². The van der Waals surface area contributed by atoms with Gasteiger partial charge in [0, 0.05) is 12.1 Å². The third-order valence-corrected chi connectivity index (χ3v) is 6.79. The largest absolute Gasteiger partial charge is 0.460 e. The minimum Gasteiger partial charge on any atom is -0.460 e. The number of hydrogen-bond acceptors (Lipinski definition) is 3. The molecule has 0 N–H and O–H groups in total. The van der Waals surface area contributed by atoms with Crippen molar-refractivity contribution in [1.82, 2.24) is 4.90 Å². The lowest BCUT2D eigenvalue weighted by Gasteiger charge is -2.46. The second kappa shape index (κ2) is 8.86. The first kappa shape index (κ1) is 21.2. The van der Waals surface area contributed by atoms with Gasteiger partial charge < -0.3 is 9.64 Å². The van der Waals surface area contributed by atoms with Crippen LogP contribution in [0.15, 0.2) is 60.7 Å². The van der Waals surface area contributed by atoms with Gasteiger partial charge in [0.15, 0.2) is 4.87 Å². The van der Waals surface area contributed by atoms with Crippen LogP contribution >= 0.6 is 24.0 Å². The molecule has 0 amide bonds. The van der Waals surface area contributed by atoms with Gasteiger partial charge in [-0.25, -0.2) is 4.79 Å². The smallest absolute Gasteiger partial charge is 0.336 e. The van der Waals surface area contributed by atoms with E-state index >= 15 is 0 Å². The molecule has 2 aliphatic rings. The summed E-state index contributed by atoms with van der Waals surface area (Å²) in [6.45, 7) is 0. The number of rotatable bonds is 4. The van der Waals surface area contributed by atoms with Crippen molar-refractivity contribution < 1.29 is 9.53 Å². The van der Waals surface area contributed by atoms with Crippen molar-refractivity contribution in [2.75, 3.05) is 7.05 Å². The van der Waals surface area contributed by atoms with Crippen LogP contribution in [0.1, 0.15) is 43.2 Å². The SMILES string of the molecule is CN1[C@@H]2CCC[C@H]1CC(OC(=O)C(Cl)(c1ccccc1)c1ccccc1)C2.Cl. The van der Waals surface area contributed by atoms with Crippen LogP contribution in [0.5, 0.6) is 0 Å². The number of benzene rings is 2. The van der Waals surface area contributed by atoms with Gasteiger partial charge in [0.2, 0.25) is 0 Å². The van der Waals surface area contributed by atoms with E-state index in [2.05, 4.69) is 11.9 Å². The monoisotopic (exact) mass is 419 g/mol. The Kier molecular flexibility index (Phi) is 6.69. The summed E-state index contributed by atoms with van der Waals surface area (Å²) in [4.78, 5) is 14.5. The van der Waals surface area contributed by atoms with Crippen LogP contribution in [0.25, 0.3) is 0 Å². The molecule has 5 heteroatoms. The van der Waals surface area contributed by atoms with E-state index in [1.165, 1.54) is 19.3 Å². The van der Waals surface area contributed by atoms with Gasteiger partial charge in [-0.15, -0.1) is 12.4 Å². The summed E-state index contributed by atoms with van der Waals surface area (Å²) in [5.41, 5.74) is 1.49. The molecular weight excluding hydrogens is 393 g/mol. The van der Waals surface area contributed by atoms with Crippen LogP contribution < -0.4 is 0 Å². The van der Waals surface area contributed by atoms with Crippen LogP contribution in [0.3, 0.4) is 0 Å². The maximum Gasteiger partial charge on any atom is 0.336 e. The standard InChI is InChI=1S/C23H26ClNO2.ClH/c1-25-19-13-8-14-20(25)16-21(15-19)27-22(26)23(24,17-9-4-2-5-10-17)18-11-6-3-7-12-18;/h2-7,9-12,19-21H,8,13-16H2,1H3;1H/t19-,20+,21?;. The Hall–Kier alpha value is -1.55. The van der Waals surface area contributed by atoms with E-state index in [0.717, 1.165) is 24.0 Å². The van der Waals surface area contributed by atoms with E-state index in [4.69, 9.17) is 16.3 Å². The van der Waals surface area contributed by atoms with Gasteiger partial charge in [0.25, 0.3) is 0 Å². The number of halogens is 2. The van der Waals surface area contributed by atoms with Gasteiger partial charge in [-0.05, 0) is 43.9 Å². The summed E-state index contributed by atoms with van der Waals surface area (Å²) < 4.78 is 6.05. The van der Waals surface area contributed by atoms with Gasteiger partial charge >= 0.3 is 5.97 Å². The van der Waals surface area contributed by atoms with Crippen LogP contribution in [0.2, 0.25) is 0 Å². The molecule has 2 aromatic carbocycles. The minimum absolute atomic E-state index is 0. The average Bonchev–Trinajstić information content (AvgIpc) is 2.69. The number of hydrogen-bond donors (Lipinski definition) is 0. The first-order valence-electron chi connectivity index (χ1n) is 9.82. The van der Waals surface area contributed by atoms with E-state index in [-0.39, 0.29) is 24.5 Å². The molecule has 2 saturated heterocycles. The Labute approximate surface area is 178 Å². The molecule has 2 bridgehead atoms. The van der Waals surface area contributed by atoms with E-state index in [0.29, 0.717) is 12.1 Å². The predicted molar refractivity (Wildman–Crippen MR) is 115 cm³/mol. The lowest BCUT2D eigenvalue weighted by atomic mass is 9.83. The Balaban J connectivity index is 0.00000225. The summed E-state index contributed by atoms with van der Waals surface area (Å²) in [5.74, 6) is -0.366. The summed E-state index contributed by atoms with van der Waals surface area (Å²) in [6.07, 6.45) is 5.38. The normalized spacial score (nSPS) is 24.9. The topological polar surface area (TPSA) is 29.5 Å². The molecule has 1 unspecified atom stereocenters. The number of nitrogens with zero attached hydrogens (tertiary/aromatic N) is 1. The maximum atomic E-state index is 13.4. The molecule has 0 aliphatic carbocycles. The molecule has 4 rings (SSSR count). The summed E-state index contributed by atoms with van der Waals surface area (Å²) >= 11 is 7.02. The van der Waals surface area contributed by atoms with Gasteiger partial charge in [0.05, 0.1) is 0 Å². The first-order chi connectivity index (χ1) is 13.1. The molecule has 28 heavy (non-hydrogen) atoms. The summed E-state index contributed by atoms with van der Waals surface area (Å²) in [6, 6.07) is 20.1. The van der Waals surface area contributed by atoms with Crippen LogP contribution in [0, 0.1) is 0 Å². The second-order valence-corrected chi connectivity index (χ2v) is 8.36. The molecule has 2 aromatic rings. The minimum atomic E-state index is -1.32. The third kappa shape index (κ3) is 3.94. The molecule has 2 heterocycles. The molecule has 0 radical (unpaired) electrons. The predicted octanol–water partition coefficient (Wildman–Crippen LogP) is 5.15. The molecule has 150 valence electrons. The van der Waals surface area contributed by atoms with Gasteiger partial charge in [-0.2, -0.15) is 0 Å². The zero-order valence-electron chi connectivity index (χ0n) is 16.1. The third-order valence-electron chi connectivity index (χ3n) is 6.19. The first-order valence-corrected chi connectivity index (χ1v) is 10.2. The molecule has 0 saturated carbocycles. The zero-order chi connectivity index (χ0) is 18.9. The molecular formula is C23H27Cl2NO2. The average molecular weight is 420 g/mol. The fourth-order valence-electron chi connectivity index (χ4n) is 4.63. The fourth-order valence-corrected chi connectivity index (χ4v) is 4.93. The molecule has 0 aromatic heterocycles. The highest BCUT2D eigenvalue weighted by Gasteiger charge is 2.45. The molecule has 0 spiro atoms. The highest BCUT2D eigenvalue weighted by atomic mass is 35.5. The van der Waals surface area contributed by atoms with E-state index in [1.54, 1.807) is 0 Å². The van der Waals surface area contributed by atoms with Crippen LogP contribution in [0.4, 0.5) is 0 Å². The van der Waals surface area contributed by atoms with E-state index in [1.807, 2.05) is 60.7 Å². The Morgan fingerprint density at radius 3 is 1.89 bits per heavy atom. The summed E-state index contributed by atoms with van der Waals surface area (Å²) in [7, 11) is 2.20. The van der Waals surface area contributed by atoms with Crippen molar-refractivity contribution in [2.24, 2.45) is 0 Å². The molecule has 3 nitrogen and oxygen atoms in total. The van der Waals surface area contributed by atoms with Crippen LogP contribution in [-0.2, 0) is 14.4 Å². The van der Waals surface area contributed by atoms with Crippen LogP contribution in [-0.4, -0.2) is 36.1 Å². The number of piperidine rings is 2. The van der Waals surface area contributed by atoms with Crippen molar-refractivity contribution in [3.05, 3.63) is 71.8 Å². The highest BCUT2D eigenvalue weighted by molar-refractivity contribution is 6.36. The van der Waals surface area contributed by atoms with Crippen molar-refractivity contribution >= 4 is 30.0 Å². The Morgan fingerprint density at radius 1 is 0.964 bits per heavy atom. The Morgan fingerprint density at radius 2 is 1.43 bits per heavy atom. The lowest BCUT2D eigenvalue weighted by Crippen LogP contribution is -2.52. The summed E-state index contributed by atoms with van der Waals surface area (Å²) in [5, 5.41) is 0. The molecule has 2 aliphatic heterocycles. The van der Waals surface area contributed by atoms with Gasteiger partial charge in [-0.1, -0.05) is 78.7 Å². The van der Waals surface area contributed by atoms with E-state index in [9.17, 15) is 4.79 Å². The van der Waals surface area contributed by atoms with E-state index < -0.39 is 4.87 Å². The van der Waals surface area contributed by atoms with Crippen molar-refractivity contribution in [1.29, 1.82) is 0 Å². The van der Waals surface area contributed by atoms with Crippen molar-refractivity contribution in [2.45, 2.75) is 55.2 Å². The molecule has 3 atom stereocenters.